The Balaban J connectivity index is 1.23. The number of hydrogen-bond acceptors (Lipinski definition) is 3. The molecule has 0 aliphatic carbocycles. The largest absolute Gasteiger partial charge is 0.356 e. The van der Waals surface area contributed by atoms with Crippen LogP contribution in [0.2, 0.25) is 0 Å². The molecule has 0 unspecified atom stereocenters. The quantitative estimate of drug-likeness (QED) is 0.636. The molecule has 170 valence electrons. The monoisotopic (exact) mass is 443 g/mol. The molecule has 2 amide bonds. The van der Waals surface area contributed by atoms with Crippen LogP contribution in [0.3, 0.4) is 0 Å². The molecule has 1 N–H and O–H groups in total. The van der Waals surface area contributed by atoms with E-state index in [2.05, 4.69) is 17.4 Å². The summed E-state index contributed by atoms with van der Waals surface area (Å²) in [7, 11) is 1.64. The fraction of sp³-hybridized carbons (Fsp3) is 0.296. The highest BCUT2D eigenvalue weighted by Gasteiger charge is 2.25. The molecule has 1 saturated heterocycles. The van der Waals surface area contributed by atoms with Crippen LogP contribution in [0.5, 0.6) is 0 Å². The molecule has 2 aromatic carbocycles. The molecule has 1 fully saturated rings. The zero-order valence-electron chi connectivity index (χ0n) is 18.9. The minimum Gasteiger partial charge on any atom is -0.356 e. The van der Waals surface area contributed by atoms with Crippen molar-refractivity contribution in [3.8, 4) is 11.1 Å². The average molecular weight is 444 g/mol. The number of hydrogen-bond donors (Lipinski definition) is 1. The van der Waals surface area contributed by atoms with Crippen LogP contribution in [0, 0.1) is 5.92 Å². The van der Waals surface area contributed by atoms with Crippen LogP contribution in [0.15, 0.2) is 77.7 Å². The second-order valence-corrected chi connectivity index (χ2v) is 8.62. The highest BCUT2D eigenvalue weighted by Crippen LogP contribution is 2.20. The van der Waals surface area contributed by atoms with E-state index in [1.807, 2.05) is 42.5 Å². The maximum Gasteiger partial charge on any atom is 0.263 e. The zero-order chi connectivity index (χ0) is 23.2. The lowest BCUT2D eigenvalue weighted by atomic mass is 9.96. The third kappa shape index (κ3) is 5.58. The van der Waals surface area contributed by atoms with Crippen molar-refractivity contribution in [2.75, 3.05) is 19.6 Å². The molecule has 33 heavy (non-hydrogen) atoms. The molecule has 1 aliphatic rings. The molecule has 0 bridgehead atoms. The number of aromatic nitrogens is 1. The van der Waals surface area contributed by atoms with E-state index in [-0.39, 0.29) is 22.9 Å². The Bertz CT molecular complexity index is 1160. The molecule has 2 heterocycles. The number of rotatable bonds is 6. The van der Waals surface area contributed by atoms with Gasteiger partial charge >= 0.3 is 0 Å². The number of nitrogens with zero attached hydrogens (tertiary/aromatic N) is 2. The van der Waals surface area contributed by atoms with Gasteiger partial charge < -0.3 is 14.8 Å². The van der Waals surface area contributed by atoms with Gasteiger partial charge in [0.1, 0.15) is 5.56 Å². The number of piperidine rings is 1. The van der Waals surface area contributed by atoms with Crippen molar-refractivity contribution in [3.05, 3.63) is 94.4 Å². The van der Waals surface area contributed by atoms with Gasteiger partial charge in [0, 0.05) is 32.9 Å². The number of amides is 2. The van der Waals surface area contributed by atoms with Gasteiger partial charge in [-0.3, -0.25) is 14.4 Å². The summed E-state index contributed by atoms with van der Waals surface area (Å²) in [5.74, 6) is 0.128. The molecular formula is C27H29N3O3. The van der Waals surface area contributed by atoms with Crippen LogP contribution in [0.1, 0.15) is 28.8 Å². The topological polar surface area (TPSA) is 71.4 Å². The summed E-state index contributed by atoms with van der Waals surface area (Å²) in [5.41, 5.74) is 3.22. The van der Waals surface area contributed by atoms with Gasteiger partial charge in [0.15, 0.2) is 0 Å². The lowest BCUT2D eigenvalue weighted by molar-refractivity contribution is -0.120. The van der Waals surface area contributed by atoms with Gasteiger partial charge in [0.05, 0.1) is 6.42 Å². The van der Waals surface area contributed by atoms with Gasteiger partial charge in [-0.05, 0) is 47.6 Å². The number of carbonyl (C=O) groups is 2. The van der Waals surface area contributed by atoms with Gasteiger partial charge in [0.2, 0.25) is 5.91 Å². The van der Waals surface area contributed by atoms with Crippen LogP contribution in [0.4, 0.5) is 0 Å². The molecule has 0 atom stereocenters. The lowest BCUT2D eigenvalue weighted by Crippen LogP contribution is -2.43. The maximum atomic E-state index is 12.7. The molecule has 3 aromatic rings. The van der Waals surface area contributed by atoms with Crippen LogP contribution in [-0.2, 0) is 18.3 Å². The van der Waals surface area contributed by atoms with Crippen molar-refractivity contribution in [2.45, 2.75) is 19.3 Å². The zero-order valence-corrected chi connectivity index (χ0v) is 18.9. The highest BCUT2D eigenvalue weighted by molar-refractivity contribution is 5.93. The van der Waals surface area contributed by atoms with Gasteiger partial charge in [-0.15, -0.1) is 0 Å². The maximum absolute atomic E-state index is 12.7. The molecule has 0 radical (unpaired) electrons. The molecule has 6 heteroatoms. The molecule has 0 saturated carbocycles. The highest BCUT2D eigenvalue weighted by atomic mass is 16.2. The van der Waals surface area contributed by atoms with E-state index in [1.165, 1.54) is 4.57 Å². The number of aryl methyl sites for hydroxylation is 1. The van der Waals surface area contributed by atoms with Crippen molar-refractivity contribution in [3.63, 3.8) is 0 Å². The van der Waals surface area contributed by atoms with Crippen molar-refractivity contribution < 1.29 is 9.59 Å². The summed E-state index contributed by atoms with van der Waals surface area (Å²) in [5, 5.41) is 3.04. The predicted octanol–water partition coefficient (Wildman–Crippen LogP) is 3.26. The number of carbonyl (C=O) groups excluding carboxylic acids is 2. The van der Waals surface area contributed by atoms with Crippen molar-refractivity contribution in [1.29, 1.82) is 0 Å². The van der Waals surface area contributed by atoms with Crippen molar-refractivity contribution in [1.82, 2.24) is 14.8 Å². The SMILES string of the molecule is Cn1cccc(C(=O)N2CCC(CNC(=O)Cc3ccc(-c4ccccc4)cc3)CC2)c1=O. The summed E-state index contributed by atoms with van der Waals surface area (Å²) in [6, 6.07) is 21.6. The number of benzene rings is 2. The Kier molecular flexibility index (Phi) is 7.03. The first kappa shape index (κ1) is 22.5. The fourth-order valence-electron chi connectivity index (χ4n) is 4.22. The lowest BCUT2D eigenvalue weighted by Gasteiger charge is -2.32. The first-order chi connectivity index (χ1) is 16.0. The predicted molar refractivity (Wildman–Crippen MR) is 129 cm³/mol. The summed E-state index contributed by atoms with van der Waals surface area (Å²) in [6.07, 6.45) is 3.62. The summed E-state index contributed by atoms with van der Waals surface area (Å²) < 4.78 is 1.42. The van der Waals surface area contributed by atoms with Crippen LogP contribution < -0.4 is 10.9 Å². The van der Waals surface area contributed by atoms with Crippen LogP contribution >= 0.6 is 0 Å². The molecule has 6 nitrogen and oxygen atoms in total. The van der Waals surface area contributed by atoms with E-state index in [0.717, 1.165) is 29.5 Å². The second-order valence-electron chi connectivity index (χ2n) is 8.62. The van der Waals surface area contributed by atoms with E-state index in [9.17, 15) is 14.4 Å². The summed E-state index contributed by atoms with van der Waals surface area (Å²) in [4.78, 5) is 39.1. The van der Waals surface area contributed by atoms with Gasteiger partial charge in [0.25, 0.3) is 11.5 Å². The number of pyridine rings is 1. The van der Waals surface area contributed by atoms with Gasteiger partial charge in [-0.2, -0.15) is 0 Å². The number of likely N-dealkylation sites (tertiary alicyclic amines) is 1. The second kappa shape index (κ2) is 10.3. The average Bonchev–Trinajstić information content (AvgIpc) is 2.85. The molecule has 0 spiro atoms. The Morgan fingerprint density at radius 2 is 1.58 bits per heavy atom. The van der Waals surface area contributed by atoms with Gasteiger partial charge in [-0.1, -0.05) is 54.6 Å². The Labute approximate surface area is 193 Å². The van der Waals surface area contributed by atoms with E-state index in [1.54, 1.807) is 30.3 Å². The van der Waals surface area contributed by atoms with Crippen molar-refractivity contribution in [2.24, 2.45) is 13.0 Å². The Morgan fingerprint density at radius 1 is 0.909 bits per heavy atom. The van der Waals surface area contributed by atoms with Gasteiger partial charge in [-0.25, -0.2) is 0 Å². The van der Waals surface area contributed by atoms with E-state index in [4.69, 9.17) is 0 Å². The first-order valence-electron chi connectivity index (χ1n) is 11.4. The molecule has 1 aromatic heterocycles. The summed E-state index contributed by atoms with van der Waals surface area (Å²) >= 11 is 0. The molecule has 4 rings (SSSR count). The van der Waals surface area contributed by atoms with E-state index < -0.39 is 0 Å². The van der Waals surface area contributed by atoms with E-state index >= 15 is 0 Å². The minimum atomic E-state index is -0.270. The fourth-order valence-corrected chi connectivity index (χ4v) is 4.22. The standard InChI is InChI=1S/C27H29N3O3/c1-29-15-5-8-24(26(29)32)27(33)30-16-13-21(14-17-30)19-28-25(31)18-20-9-11-23(12-10-20)22-6-3-2-4-7-22/h2-12,15,21H,13-14,16-19H2,1H3,(H,28,31). The van der Waals surface area contributed by atoms with E-state index in [0.29, 0.717) is 32.0 Å². The first-order valence-corrected chi connectivity index (χ1v) is 11.4. The smallest absolute Gasteiger partial charge is 0.263 e. The number of nitrogens with one attached hydrogen (secondary N) is 1. The third-order valence-electron chi connectivity index (χ3n) is 6.27. The molecular weight excluding hydrogens is 414 g/mol. The van der Waals surface area contributed by atoms with Crippen LogP contribution in [-0.4, -0.2) is 40.9 Å². The Morgan fingerprint density at radius 3 is 2.27 bits per heavy atom. The minimum absolute atomic E-state index is 0.00810. The Hall–Kier alpha value is -3.67. The van der Waals surface area contributed by atoms with Crippen LogP contribution in [0.25, 0.3) is 11.1 Å². The van der Waals surface area contributed by atoms with Crippen molar-refractivity contribution >= 4 is 11.8 Å². The third-order valence-corrected chi connectivity index (χ3v) is 6.27. The normalized spacial score (nSPS) is 14.2. The summed E-state index contributed by atoms with van der Waals surface area (Å²) in [6.45, 7) is 1.80. The molecule has 1 aliphatic heterocycles.